The molecule has 0 saturated carbocycles. The molecule has 0 aromatic rings. The number of nitrogens with zero attached hydrogens (tertiary/aromatic N) is 3. The molecule has 2 aliphatic rings. The first kappa shape index (κ1) is 12.3. The van der Waals surface area contributed by atoms with Gasteiger partial charge in [0.1, 0.15) is 0 Å². The van der Waals surface area contributed by atoms with Crippen molar-refractivity contribution in [2.24, 2.45) is 0 Å². The minimum absolute atomic E-state index is 1.18. The minimum atomic E-state index is 1.18. The van der Waals surface area contributed by atoms with Gasteiger partial charge in [-0.15, -0.1) is 0 Å². The number of nitrogens with one attached hydrogen (secondary N) is 1. The van der Waals surface area contributed by atoms with Crippen LogP contribution >= 0.6 is 0 Å². The van der Waals surface area contributed by atoms with Crippen molar-refractivity contribution in [2.45, 2.75) is 6.42 Å². The van der Waals surface area contributed by atoms with Crippen LogP contribution in [0.5, 0.6) is 0 Å². The van der Waals surface area contributed by atoms with Gasteiger partial charge in [-0.25, -0.2) is 0 Å². The third kappa shape index (κ3) is 4.01. The fourth-order valence-corrected chi connectivity index (χ4v) is 2.52. The molecule has 0 aliphatic carbocycles. The Labute approximate surface area is 99.6 Å². The van der Waals surface area contributed by atoms with E-state index in [-0.39, 0.29) is 0 Å². The molecule has 0 spiro atoms. The van der Waals surface area contributed by atoms with Crippen LogP contribution in [0.3, 0.4) is 0 Å². The summed E-state index contributed by atoms with van der Waals surface area (Å²) >= 11 is 0. The van der Waals surface area contributed by atoms with Crippen molar-refractivity contribution in [3.63, 3.8) is 0 Å². The Morgan fingerprint density at radius 2 is 1.38 bits per heavy atom. The van der Waals surface area contributed by atoms with Gasteiger partial charge >= 0.3 is 0 Å². The normalized spacial score (nSPS) is 26.1. The number of rotatable bonds is 4. The average Bonchev–Trinajstić information content (AvgIpc) is 2.33. The quantitative estimate of drug-likeness (QED) is 0.699. The summed E-state index contributed by atoms with van der Waals surface area (Å²) in [4.78, 5) is 7.63. The molecular formula is C12H26N4. The van der Waals surface area contributed by atoms with Gasteiger partial charge < -0.3 is 20.0 Å². The average molecular weight is 226 g/mol. The van der Waals surface area contributed by atoms with E-state index >= 15 is 0 Å². The van der Waals surface area contributed by atoms with Crippen molar-refractivity contribution >= 4 is 0 Å². The molecule has 0 radical (unpaired) electrons. The van der Waals surface area contributed by atoms with E-state index in [2.05, 4.69) is 27.1 Å². The first-order valence-corrected chi connectivity index (χ1v) is 6.68. The Hall–Kier alpha value is -0.160. The second kappa shape index (κ2) is 6.55. The fourth-order valence-electron chi connectivity index (χ4n) is 2.52. The number of likely N-dealkylation sites (N-methyl/N-ethyl adjacent to an activating group) is 1. The van der Waals surface area contributed by atoms with Crippen LogP contribution in [-0.2, 0) is 0 Å². The van der Waals surface area contributed by atoms with E-state index < -0.39 is 0 Å². The first-order chi connectivity index (χ1) is 7.84. The van der Waals surface area contributed by atoms with Crippen LogP contribution in [0.25, 0.3) is 0 Å². The van der Waals surface area contributed by atoms with Gasteiger partial charge in [-0.2, -0.15) is 0 Å². The zero-order valence-electron chi connectivity index (χ0n) is 10.6. The molecule has 4 heteroatoms. The summed E-state index contributed by atoms with van der Waals surface area (Å²) in [5.41, 5.74) is 0. The van der Waals surface area contributed by atoms with Crippen LogP contribution in [-0.4, -0.2) is 87.2 Å². The van der Waals surface area contributed by atoms with Crippen molar-refractivity contribution in [3.05, 3.63) is 0 Å². The lowest BCUT2D eigenvalue weighted by Gasteiger charge is -2.33. The van der Waals surface area contributed by atoms with Crippen LogP contribution in [0.1, 0.15) is 6.42 Å². The van der Waals surface area contributed by atoms with E-state index in [0.717, 1.165) is 0 Å². The third-order valence-corrected chi connectivity index (χ3v) is 3.75. The van der Waals surface area contributed by atoms with Crippen LogP contribution in [0.2, 0.25) is 0 Å². The van der Waals surface area contributed by atoms with Gasteiger partial charge in [-0.05, 0) is 26.6 Å². The summed E-state index contributed by atoms with van der Waals surface area (Å²) in [7, 11) is 2.22. The highest BCUT2D eigenvalue weighted by Crippen LogP contribution is 2.01. The Morgan fingerprint density at radius 3 is 2.00 bits per heavy atom. The van der Waals surface area contributed by atoms with Gasteiger partial charge in [-0.3, -0.25) is 0 Å². The molecule has 0 bridgehead atoms. The molecule has 2 fully saturated rings. The van der Waals surface area contributed by atoms with Crippen molar-refractivity contribution in [1.29, 1.82) is 0 Å². The van der Waals surface area contributed by atoms with Crippen LogP contribution in [0, 0.1) is 0 Å². The third-order valence-electron chi connectivity index (χ3n) is 3.75. The van der Waals surface area contributed by atoms with Crippen molar-refractivity contribution in [2.75, 3.05) is 72.5 Å². The summed E-state index contributed by atoms with van der Waals surface area (Å²) in [6, 6.07) is 0. The highest BCUT2D eigenvalue weighted by molar-refractivity contribution is 4.71. The van der Waals surface area contributed by atoms with Gasteiger partial charge in [0.2, 0.25) is 0 Å². The number of hydrogen-bond acceptors (Lipinski definition) is 4. The summed E-state index contributed by atoms with van der Waals surface area (Å²) in [6.07, 6.45) is 1.34. The second-order valence-corrected chi connectivity index (χ2v) is 5.09. The maximum Gasteiger partial charge on any atom is 0.0110 e. The molecule has 0 atom stereocenters. The summed E-state index contributed by atoms with van der Waals surface area (Å²) in [6.45, 7) is 12.4. The summed E-state index contributed by atoms with van der Waals surface area (Å²) < 4.78 is 0. The molecular weight excluding hydrogens is 200 g/mol. The topological polar surface area (TPSA) is 21.8 Å². The molecule has 0 aromatic carbocycles. The summed E-state index contributed by atoms with van der Waals surface area (Å²) in [5, 5.41) is 3.40. The van der Waals surface area contributed by atoms with Gasteiger partial charge in [0.25, 0.3) is 0 Å². The number of piperazine rings is 2. The highest BCUT2D eigenvalue weighted by atomic mass is 15.2. The van der Waals surface area contributed by atoms with E-state index in [4.69, 9.17) is 0 Å². The van der Waals surface area contributed by atoms with E-state index in [1.54, 1.807) is 0 Å². The molecule has 0 unspecified atom stereocenters. The highest BCUT2D eigenvalue weighted by Gasteiger charge is 2.14. The zero-order valence-corrected chi connectivity index (χ0v) is 10.6. The Morgan fingerprint density at radius 1 is 0.812 bits per heavy atom. The molecule has 0 amide bonds. The lowest BCUT2D eigenvalue weighted by Crippen LogP contribution is -2.46. The molecule has 2 aliphatic heterocycles. The van der Waals surface area contributed by atoms with Gasteiger partial charge in [0.15, 0.2) is 0 Å². The maximum absolute atomic E-state index is 3.40. The molecule has 16 heavy (non-hydrogen) atoms. The van der Waals surface area contributed by atoms with Crippen LogP contribution in [0.15, 0.2) is 0 Å². The largest absolute Gasteiger partial charge is 0.314 e. The molecule has 94 valence electrons. The van der Waals surface area contributed by atoms with Crippen molar-refractivity contribution in [3.8, 4) is 0 Å². The van der Waals surface area contributed by atoms with E-state index in [0.29, 0.717) is 0 Å². The number of hydrogen-bond donors (Lipinski definition) is 1. The zero-order chi connectivity index (χ0) is 11.2. The molecule has 2 heterocycles. The van der Waals surface area contributed by atoms with Crippen LogP contribution in [0.4, 0.5) is 0 Å². The first-order valence-electron chi connectivity index (χ1n) is 6.68. The van der Waals surface area contributed by atoms with Crippen molar-refractivity contribution < 1.29 is 0 Å². The van der Waals surface area contributed by atoms with Crippen molar-refractivity contribution in [1.82, 2.24) is 20.0 Å². The van der Waals surface area contributed by atoms with Gasteiger partial charge in [0.05, 0.1) is 0 Å². The molecule has 0 aromatic heterocycles. The fraction of sp³-hybridized carbons (Fsp3) is 1.00. The van der Waals surface area contributed by atoms with E-state index in [1.165, 1.54) is 71.9 Å². The maximum atomic E-state index is 3.40. The lowest BCUT2D eigenvalue weighted by molar-refractivity contribution is 0.144. The smallest absolute Gasteiger partial charge is 0.0110 e. The monoisotopic (exact) mass is 226 g/mol. The Bertz CT molecular complexity index is 183. The summed E-state index contributed by atoms with van der Waals surface area (Å²) in [5.74, 6) is 0. The predicted octanol–water partition coefficient (Wildman–Crippen LogP) is -0.471. The SMILES string of the molecule is CN1CCN(CCCN2CCNCC2)CC1. The van der Waals surface area contributed by atoms with E-state index in [9.17, 15) is 0 Å². The molecule has 2 saturated heterocycles. The molecule has 4 nitrogen and oxygen atoms in total. The molecule has 1 N–H and O–H groups in total. The van der Waals surface area contributed by atoms with E-state index in [1.807, 2.05) is 0 Å². The molecule has 2 rings (SSSR count). The second-order valence-electron chi connectivity index (χ2n) is 5.09. The standard InChI is InChI=1S/C12H26N4/c1-14-9-11-16(12-10-14)6-2-5-15-7-3-13-4-8-15/h13H,2-12H2,1H3. The van der Waals surface area contributed by atoms with Gasteiger partial charge in [0, 0.05) is 52.4 Å². The Balaban J connectivity index is 1.53. The predicted molar refractivity (Wildman–Crippen MR) is 67.9 cm³/mol. The van der Waals surface area contributed by atoms with Gasteiger partial charge in [-0.1, -0.05) is 0 Å². The lowest BCUT2D eigenvalue weighted by atomic mass is 10.2. The minimum Gasteiger partial charge on any atom is -0.314 e. The van der Waals surface area contributed by atoms with Crippen LogP contribution < -0.4 is 5.32 Å². The Kier molecular flexibility index (Phi) is 5.03.